The smallest absolute Gasteiger partial charge is 0.399 e. The van der Waals surface area contributed by atoms with Crippen molar-refractivity contribution in [2.75, 3.05) is 0 Å². The standard InChI is InChI=1S/C15H22BF3N2O2/c1-12(2)13(3,4)23-16(22-12)11-8-20-21(9-11)10-14(6-5-7-14)15(17,18)19/h8-9H,5-7,10H2,1-4H3. The molecule has 0 amide bonds. The fourth-order valence-electron chi connectivity index (χ4n) is 3.01. The minimum Gasteiger partial charge on any atom is -0.399 e. The Balaban J connectivity index is 1.75. The molecular formula is C15H22BF3N2O2. The van der Waals surface area contributed by atoms with Gasteiger partial charge in [-0.15, -0.1) is 0 Å². The number of nitrogens with zero attached hydrogens (tertiary/aromatic N) is 2. The van der Waals surface area contributed by atoms with Crippen LogP contribution >= 0.6 is 0 Å². The van der Waals surface area contributed by atoms with Crippen molar-refractivity contribution in [2.45, 2.75) is 70.9 Å². The van der Waals surface area contributed by atoms with Gasteiger partial charge in [-0.1, -0.05) is 6.42 Å². The number of aromatic nitrogens is 2. The topological polar surface area (TPSA) is 36.3 Å². The Hall–Kier alpha value is -1.02. The molecule has 0 atom stereocenters. The van der Waals surface area contributed by atoms with Crippen LogP contribution in [0, 0.1) is 5.41 Å². The van der Waals surface area contributed by atoms with Crippen LogP contribution in [-0.2, 0) is 15.9 Å². The molecule has 2 aliphatic rings. The fraction of sp³-hybridized carbons (Fsp3) is 0.800. The van der Waals surface area contributed by atoms with Crippen molar-refractivity contribution in [3.8, 4) is 0 Å². The van der Waals surface area contributed by atoms with Crippen LogP contribution in [-0.4, -0.2) is 34.3 Å². The van der Waals surface area contributed by atoms with Gasteiger partial charge in [-0.05, 0) is 40.5 Å². The molecular weight excluding hydrogens is 308 g/mol. The van der Waals surface area contributed by atoms with E-state index < -0.39 is 29.9 Å². The van der Waals surface area contributed by atoms with Gasteiger partial charge in [0.2, 0.25) is 0 Å². The highest BCUT2D eigenvalue weighted by Gasteiger charge is 2.58. The Kier molecular flexibility index (Phi) is 3.65. The predicted molar refractivity (Wildman–Crippen MR) is 80.3 cm³/mol. The van der Waals surface area contributed by atoms with Crippen molar-refractivity contribution in [3.05, 3.63) is 12.4 Å². The molecule has 8 heteroatoms. The Morgan fingerprint density at radius 1 is 1.17 bits per heavy atom. The van der Waals surface area contributed by atoms with Crippen molar-refractivity contribution >= 4 is 12.6 Å². The lowest BCUT2D eigenvalue weighted by Gasteiger charge is -2.42. The third kappa shape index (κ3) is 2.69. The molecule has 0 spiro atoms. The molecule has 0 radical (unpaired) electrons. The Morgan fingerprint density at radius 2 is 1.74 bits per heavy atom. The highest BCUT2D eigenvalue weighted by Crippen LogP contribution is 2.53. The number of halogens is 3. The van der Waals surface area contributed by atoms with Crippen molar-refractivity contribution < 1.29 is 22.5 Å². The van der Waals surface area contributed by atoms with Crippen LogP contribution in [0.5, 0.6) is 0 Å². The Morgan fingerprint density at radius 3 is 2.17 bits per heavy atom. The highest BCUT2D eigenvalue weighted by molar-refractivity contribution is 6.61. The van der Waals surface area contributed by atoms with Crippen molar-refractivity contribution in [3.63, 3.8) is 0 Å². The van der Waals surface area contributed by atoms with Crippen LogP contribution in [0.1, 0.15) is 47.0 Å². The third-order valence-corrected chi connectivity index (χ3v) is 5.56. The molecule has 1 saturated carbocycles. The average Bonchev–Trinajstić information content (AvgIpc) is 2.86. The van der Waals surface area contributed by atoms with Gasteiger partial charge < -0.3 is 9.31 Å². The fourth-order valence-corrected chi connectivity index (χ4v) is 3.01. The first-order valence-corrected chi connectivity index (χ1v) is 7.91. The summed E-state index contributed by atoms with van der Waals surface area (Å²) in [6.45, 7) is 7.60. The van der Waals surface area contributed by atoms with Crippen LogP contribution in [0.2, 0.25) is 0 Å². The summed E-state index contributed by atoms with van der Waals surface area (Å²) in [6.07, 6.45) is -0.101. The van der Waals surface area contributed by atoms with E-state index in [9.17, 15) is 13.2 Å². The van der Waals surface area contributed by atoms with E-state index in [0.29, 0.717) is 11.9 Å². The second-order valence-electron chi connectivity index (χ2n) is 7.69. The molecule has 128 valence electrons. The van der Waals surface area contributed by atoms with Gasteiger partial charge >= 0.3 is 13.3 Å². The summed E-state index contributed by atoms with van der Waals surface area (Å²) in [6, 6.07) is 0. The first kappa shape index (κ1) is 16.8. The van der Waals surface area contributed by atoms with Gasteiger partial charge in [-0.25, -0.2) is 0 Å². The van der Waals surface area contributed by atoms with Crippen LogP contribution in [0.3, 0.4) is 0 Å². The summed E-state index contributed by atoms with van der Waals surface area (Å²) < 4.78 is 53.0. The minimum atomic E-state index is -4.19. The normalized spacial score (nSPS) is 25.4. The Bertz CT molecular complexity index is 578. The maximum Gasteiger partial charge on any atom is 0.498 e. The van der Waals surface area contributed by atoms with Gasteiger partial charge in [0.1, 0.15) is 0 Å². The largest absolute Gasteiger partial charge is 0.498 e. The van der Waals surface area contributed by atoms with Crippen LogP contribution in [0.15, 0.2) is 12.4 Å². The van der Waals surface area contributed by atoms with Crippen LogP contribution in [0.25, 0.3) is 0 Å². The van der Waals surface area contributed by atoms with Crippen molar-refractivity contribution in [1.29, 1.82) is 0 Å². The molecule has 23 heavy (non-hydrogen) atoms. The summed E-state index contributed by atoms with van der Waals surface area (Å²) in [5.74, 6) is 0. The molecule has 3 rings (SSSR count). The third-order valence-electron chi connectivity index (χ3n) is 5.56. The molecule has 1 saturated heterocycles. The summed E-state index contributed by atoms with van der Waals surface area (Å²) in [4.78, 5) is 0. The van der Waals surface area contributed by atoms with Gasteiger partial charge in [0.25, 0.3) is 0 Å². The highest BCUT2D eigenvalue weighted by atomic mass is 19.4. The first-order chi connectivity index (χ1) is 10.5. The van der Waals surface area contributed by atoms with E-state index in [4.69, 9.17) is 9.31 Å². The van der Waals surface area contributed by atoms with Gasteiger partial charge in [0, 0.05) is 17.9 Å². The molecule has 0 aromatic carbocycles. The van der Waals surface area contributed by atoms with E-state index in [1.54, 1.807) is 6.20 Å². The molecule has 1 aromatic heterocycles. The van der Waals surface area contributed by atoms with Crippen LogP contribution in [0.4, 0.5) is 13.2 Å². The summed E-state index contributed by atoms with van der Waals surface area (Å²) in [5.41, 5.74) is -1.95. The molecule has 1 aromatic rings. The number of rotatable bonds is 3. The lowest BCUT2D eigenvalue weighted by molar-refractivity contribution is -0.256. The Labute approximate surface area is 134 Å². The predicted octanol–water partition coefficient (Wildman–Crippen LogP) is 2.91. The van der Waals surface area contributed by atoms with Gasteiger partial charge in [-0.3, -0.25) is 4.68 Å². The lowest BCUT2D eigenvalue weighted by Crippen LogP contribution is -2.47. The van der Waals surface area contributed by atoms with Gasteiger partial charge in [0.05, 0.1) is 23.2 Å². The number of hydrogen-bond acceptors (Lipinski definition) is 3. The van der Waals surface area contributed by atoms with Gasteiger partial charge in [-0.2, -0.15) is 18.3 Å². The SMILES string of the molecule is CC1(C)OB(c2cnn(CC3(C(F)(F)F)CCC3)c2)OC1(C)C. The summed E-state index contributed by atoms with van der Waals surface area (Å²) in [5, 5.41) is 4.09. The average molecular weight is 330 g/mol. The maximum atomic E-state index is 13.3. The van der Waals surface area contributed by atoms with E-state index in [1.807, 2.05) is 27.7 Å². The summed E-state index contributed by atoms with van der Waals surface area (Å²) >= 11 is 0. The lowest BCUT2D eigenvalue weighted by atomic mass is 9.68. The van der Waals surface area contributed by atoms with E-state index in [1.165, 1.54) is 10.9 Å². The second kappa shape index (κ2) is 4.99. The summed E-state index contributed by atoms with van der Waals surface area (Å²) in [7, 11) is -0.600. The number of alkyl halides is 3. The van der Waals surface area contributed by atoms with E-state index in [2.05, 4.69) is 5.10 Å². The molecule has 0 unspecified atom stereocenters. The molecule has 1 aliphatic heterocycles. The molecule has 0 bridgehead atoms. The van der Waals surface area contributed by atoms with E-state index in [-0.39, 0.29) is 19.4 Å². The van der Waals surface area contributed by atoms with Crippen molar-refractivity contribution in [2.24, 2.45) is 5.41 Å². The zero-order valence-electron chi connectivity index (χ0n) is 13.9. The zero-order chi connectivity index (χ0) is 17.1. The monoisotopic (exact) mass is 330 g/mol. The minimum absolute atomic E-state index is 0.143. The quantitative estimate of drug-likeness (QED) is 0.800. The van der Waals surface area contributed by atoms with Crippen LogP contribution < -0.4 is 5.46 Å². The molecule has 2 fully saturated rings. The molecule has 1 aliphatic carbocycles. The first-order valence-electron chi connectivity index (χ1n) is 7.91. The number of hydrogen-bond donors (Lipinski definition) is 0. The molecule has 4 nitrogen and oxygen atoms in total. The van der Waals surface area contributed by atoms with E-state index >= 15 is 0 Å². The molecule has 2 heterocycles. The van der Waals surface area contributed by atoms with Crippen molar-refractivity contribution in [1.82, 2.24) is 9.78 Å². The zero-order valence-corrected chi connectivity index (χ0v) is 13.9. The van der Waals surface area contributed by atoms with E-state index in [0.717, 1.165) is 0 Å². The maximum absolute atomic E-state index is 13.3. The second-order valence-corrected chi connectivity index (χ2v) is 7.69. The van der Waals surface area contributed by atoms with Gasteiger partial charge in [0.15, 0.2) is 0 Å². The molecule has 0 N–H and O–H groups in total.